The predicted octanol–water partition coefficient (Wildman–Crippen LogP) is 17.3. The Hall–Kier alpha value is -1.59. The smallest absolute Gasteiger partial charge is 0.306 e. The summed E-state index contributed by atoms with van der Waals surface area (Å²) in [6, 6.07) is 0. The Bertz CT molecular complexity index is 918. The first-order chi connectivity index (χ1) is 29.3. The number of unbranched alkanes of at least 4 members (excludes halogenated alkanes) is 32. The Morgan fingerprint density at radius 1 is 0.350 bits per heavy atom. The Kier molecular flexibility index (Phi) is 45.7. The Morgan fingerprint density at radius 2 is 0.633 bits per heavy atom. The van der Waals surface area contributed by atoms with Gasteiger partial charge < -0.3 is 14.2 Å². The lowest BCUT2D eigenvalue weighted by molar-refractivity contribution is -0.167. The zero-order valence-electron chi connectivity index (χ0n) is 41.1. The van der Waals surface area contributed by atoms with Crippen LogP contribution in [0, 0.1) is 11.8 Å². The van der Waals surface area contributed by atoms with Gasteiger partial charge in [0, 0.05) is 19.3 Å². The van der Waals surface area contributed by atoms with Crippen LogP contribution >= 0.6 is 0 Å². The lowest BCUT2D eigenvalue weighted by atomic mass is 9.99. The third-order valence-electron chi connectivity index (χ3n) is 12.6. The van der Waals surface area contributed by atoms with Crippen molar-refractivity contribution in [1.29, 1.82) is 0 Å². The summed E-state index contributed by atoms with van der Waals surface area (Å²) in [5.74, 6) is 0.831. The highest BCUT2D eigenvalue weighted by Crippen LogP contribution is 2.18. The van der Waals surface area contributed by atoms with Crippen LogP contribution in [-0.2, 0) is 28.6 Å². The highest BCUT2D eigenvalue weighted by atomic mass is 16.6. The van der Waals surface area contributed by atoms with E-state index in [4.69, 9.17) is 14.2 Å². The summed E-state index contributed by atoms with van der Waals surface area (Å²) in [4.78, 5) is 38.0. The molecule has 6 heteroatoms. The molecule has 0 heterocycles. The van der Waals surface area contributed by atoms with E-state index in [1.807, 2.05) is 0 Å². The molecule has 0 N–H and O–H groups in total. The lowest BCUT2D eigenvalue weighted by Gasteiger charge is -2.18. The van der Waals surface area contributed by atoms with Crippen molar-refractivity contribution in [2.45, 2.75) is 304 Å². The Labute approximate surface area is 374 Å². The zero-order chi connectivity index (χ0) is 44.0. The molecule has 0 radical (unpaired) electrons. The molecule has 0 aromatic carbocycles. The molecule has 0 aliphatic carbocycles. The van der Waals surface area contributed by atoms with Crippen molar-refractivity contribution in [3.05, 3.63) is 0 Å². The quantitative estimate of drug-likeness (QED) is 0.0345. The molecular weight excluding hydrogens is 745 g/mol. The maximum absolute atomic E-state index is 12.8. The summed E-state index contributed by atoms with van der Waals surface area (Å²) in [5.41, 5.74) is 0. The first kappa shape index (κ1) is 58.4. The number of carbonyl (C=O) groups excluding carboxylic acids is 3. The minimum atomic E-state index is -0.762. The van der Waals surface area contributed by atoms with Crippen molar-refractivity contribution in [1.82, 2.24) is 0 Å². The number of rotatable bonds is 48. The normalized spacial score (nSPS) is 12.5. The Balaban J connectivity index is 4.32. The average Bonchev–Trinajstić information content (AvgIpc) is 3.23. The fourth-order valence-corrected chi connectivity index (χ4v) is 8.13. The molecule has 0 saturated carbocycles. The molecule has 0 rings (SSSR count). The third-order valence-corrected chi connectivity index (χ3v) is 12.6. The molecule has 0 saturated heterocycles. The summed E-state index contributed by atoms with van der Waals surface area (Å²) in [6.45, 7) is 11.4. The van der Waals surface area contributed by atoms with Crippen molar-refractivity contribution >= 4 is 17.9 Å². The first-order valence-corrected chi connectivity index (χ1v) is 26.8. The largest absolute Gasteiger partial charge is 0.462 e. The molecule has 0 aromatic rings. The number of hydrogen-bond acceptors (Lipinski definition) is 6. The van der Waals surface area contributed by atoms with Gasteiger partial charge in [0.25, 0.3) is 0 Å². The van der Waals surface area contributed by atoms with Crippen LogP contribution < -0.4 is 0 Å². The summed E-state index contributed by atoms with van der Waals surface area (Å²) < 4.78 is 16.8. The van der Waals surface area contributed by atoms with Crippen LogP contribution in [0.3, 0.4) is 0 Å². The molecule has 356 valence electrons. The van der Waals surface area contributed by atoms with Gasteiger partial charge in [0.15, 0.2) is 6.10 Å². The molecular formula is C54H104O6. The maximum Gasteiger partial charge on any atom is 0.306 e. The molecule has 2 atom stereocenters. The molecule has 0 aliphatic heterocycles. The monoisotopic (exact) mass is 849 g/mol. The standard InChI is InChI=1S/C54H104O6/c1-6-8-9-10-11-12-13-14-15-16-17-18-25-31-36-41-46-54(57)60-51(48-59-53(56)45-40-35-30-26-21-22-27-32-37-42-49(3)4)47-58-52(55)44-39-34-29-24-20-19-23-28-33-38-43-50(5)7-2/h49-51H,6-48H2,1-5H3/t50?,51-/m0/s1. The van der Waals surface area contributed by atoms with Gasteiger partial charge in [0.2, 0.25) is 0 Å². The van der Waals surface area contributed by atoms with E-state index in [1.165, 1.54) is 186 Å². The highest BCUT2D eigenvalue weighted by Gasteiger charge is 2.19. The summed E-state index contributed by atoms with van der Waals surface area (Å²) in [5, 5.41) is 0. The van der Waals surface area contributed by atoms with Crippen molar-refractivity contribution in [2.24, 2.45) is 11.8 Å². The van der Waals surface area contributed by atoms with Gasteiger partial charge in [-0.15, -0.1) is 0 Å². The molecule has 6 nitrogen and oxygen atoms in total. The molecule has 0 aromatic heterocycles. The molecule has 60 heavy (non-hydrogen) atoms. The highest BCUT2D eigenvalue weighted by molar-refractivity contribution is 5.71. The average molecular weight is 849 g/mol. The van der Waals surface area contributed by atoms with Crippen molar-refractivity contribution in [2.75, 3.05) is 13.2 Å². The van der Waals surface area contributed by atoms with Crippen LogP contribution in [0.1, 0.15) is 298 Å². The SMILES string of the molecule is CCCCCCCCCCCCCCCCCCC(=O)O[C@@H](COC(=O)CCCCCCCCCCCCC(C)CC)COC(=O)CCCCCCCCCCCC(C)C. The minimum absolute atomic E-state index is 0.0639. The van der Waals surface area contributed by atoms with Crippen LogP contribution in [0.15, 0.2) is 0 Å². The van der Waals surface area contributed by atoms with Gasteiger partial charge in [-0.25, -0.2) is 0 Å². The second-order valence-electron chi connectivity index (χ2n) is 19.2. The van der Waals surface area contributed by atoms with Crippen LogP contribution in [0.25, 0.3) is 0 Å². The second kappa shape index (κ2) is 46.9. The third kappa shape index (κ3) is 45.9. The first-order valence-electron chi connectivity index (χ1n) is 26.8. The fraction of sp³-hybridized carbons (Fsp3) is 0.944. The van der Waals surface area contributed by atoms with Gasteiger partial charge in [-0.2, -0.15) is 0 Å². The number of carbonyl (C=O) groups is 3. The van der Waals surface area contributed by atoms with E-state index in [1.54, 1.807) is 0 Å². The Morgan fingerprint density at radius 3 is 0.950 bits per heavy atom. The number of ether oxygens (including phenoxy) is 3. The van der Waals surface area contributed by atoms with Gasteiger partial charge in [-0.1, -0.05) is 259 Å². The van der Waals surface area contributed by atoms with E-state index in [9.17, 15) is 14.4 Å². The topological polar surface area (TPSA) is 78.9 Å². The number of esters is 3. The van der Waals surface area contributed by atoms with Crippen LogP contribution in [0.5, 0.6) is 0 Å². The summed E-state index contributed by atoms with van der Waals surface area (Å²) in [7, 11) is 0. The fourth-order valence-electron chi connectivity index (χ4n) is 8.13. The maximum atomic E-state index is 12.8. The van der Waals surface area contributed by atoms with Gasteiger partial charge in [0.05, 0.1) is 0 Å². The van der Waals surface area contributed by atoms with Gasteiger partial charge >= 0.3 is 17.9 Å². The van der Waals surface area contributed by atoms with E-state index in [-0.39, 0.29) is 31.1 Å². The van der Waals surface area contributed by atoms with E-state index < -0.39 is 6.10 Å². The molecule has 0 fully saturated rings. The molecule has 0 amide bonds. The van der Waals surface area contributed by atoms with Crippen molar-refractivity contribution in [3.63, 3.8) is 0 Å². The number of hydrogen-bond donors (Lipinski definition) is 0. The van der Waals surface area contributed by atoms with E-state index in [0.29, 0.717) is 19.3 Å². The minimum Gasteiger partial charge on any atom is -0.462 e. The van der Waals surface area contributed by atoms with E-state index in [2.05, 4.69) is 34.6 Å². The zero-order valence-corrected chi connectivity index (χ0v) is 41.1. The predicted molar refractivity (Wildman–Crippen MR) is 256 cm³/mol. The summed E-state index contributed by atoms with van der Waals surface area (Å²) >= 11 is 0. The van der Waals surface area contributed by atoms with Crippen molar-refractivity contribution in [3.8, 4) is 0 Å². The lowest BCUT2D eigenvalue weighted by Crippen LogP contribution is -2.30. The van der Waals surface area contributed by atoms with E-state index in [0.717, 1.165) is 69.6 Å². The second-order valence-corrected chi connectivity index (χ2v) is 19.2. The van der Waals surface area contributed by atoms with Gasteiger partial charge in [-0.05, 0) is 31.1 Å². The van der Waals surface area contributed by atoms with Crippen LogP contribution in [-0.4, -0.2) is 37.2 Å². The summed E-state index contributed by atoms with van der Waals surface area (Å²) in [6.07, 6.45) is 48.0. The van der Waals surface area contributed by atoms with Crippen LogP contribution in [0.2, 0.25) is 0 Å². The molecule has 0 aliphatic rings. The molecule has 0 bridgehead atoms. The van der Waals surface area contributed by atoms with E-state index >= 15 is 0 Å². The molecule has 0 spiro atoms. The van der Waals surface area contributed by atoms with Crippen molar-refractivity contribution < 1.29 is 28.6 Å². The van der Waals surface area contributed by atoms with Crippen LogP contribution in [0.4, 0.5) is 0 Å². The molecule has 1 unspecified atom stereocenters. The van der Waals surface area contributed by atoms with Gasteiger partial charge in [0.1, 0.15) is 13.2 Å². The van der Waals surface area contributed by atoms with Gasteiger partial charge in [-0.3, -0.25) is 14.4 Å².